The summed E-state index contributed by atoms with van der Waals surface area (Å²) < 4.78 is 11.1. The van der Waals surface area contributed by atoms with E-state index >= 15 is 0 Å². The maximum atomic E-state index is 12.2. The number of carbonyl (C=O) groups is 1. The quantitative estimate of drug-likeness (QED) is 0.737. The number of nitrogens with zero attached hydrogens (tertiary/aromatic N) is 4. The predicted octanol–water partition coefficient (Wildman–Crippen LogP) is 0.894. The van der Waals surface area contributed by atoms with Gasteiger partial charge in [0.05, 0.1) is 12.7 Å². The van der Waals surface area contributed by atoms with Crippen molar-refractivity contribution in [1.29, 1.82) is 0 Å². The molecule has 0 radical (unpaired) electrons. The topological polar surface area (TPSA) is 79.8 Å². The van der Waals surface area contributed by atoms with Crippen LogP contribution in [-0.4, -0.2) is 79.5 Å². The normalized spacial score (nSPS) is 20.7. The molecule has 3 rings (SSSR count). The third-order valence-corrected chi connectivity index (χ3v) is 4.47. The molecule has 2 fully saturated rings. The molecule has 138 valence electrons. The zero-order chi connectivity index (χ0) is 17.3. The van der Waals surface area contributed by atoms with Crippen LogP contribution in [0, 0.1) is 0 Å². The van der Waals surface area contributed by atoms with Gasteiger partial charge in [-0.1, -0.05) is 0 Å². The fourth-order valence-electron chi connectivity index (χ4n) is 3.04. The summed E-state index contributed by atoms with van der Waals surface area (Å²) in [7, 11) is 0. The molecule has 2 saturated heterocycles. The first-order chi connectivity index (χ1) is 12.3. The van der Waals surface area contributed by atoms with Crippen molar-refractivity contribution in [2.45, 2.75) is 25.4 Å². The van der Waals surface area contributed by atoms with Crippen molar-refractivity contribution in [2.75, 3.05) is 57.4 Å². The fraction of sp³-hybridized carbons (Fsp3) is 0.706. The van der Waals surface area contributed by atoms with E-state index in [1.54, 1.807) is 18.5 Å². The molecule has 0 aliphatic carbocycles. The Kier molecular flexibility index (Phi) is 6.81. The van der Waals surface area contributed by atoms with Crippen LogP contribution in [0.4, 0.5) is 10.7 Å². The number of nitrogens with one attached hydrogen (secondary N) is 1. The molecule has 1 aromatic heterocycles. The summed E-state index contributed by atoms with van der Waals surface area (Å²) >= 11 is 0. The van der Waals surface area contributed by atoms with Crippen molar-refractivity contribution >= 4 is 12.0 Å². The number of anilines is 1. The molecule has 25 heavy (non-hydrogen) atoms. The van der Waals surface area contributed by atoms with Gasteiger partial charge in [-0.25, -0.2) is 14.8 Å². The number of ether oxygens (including phenoxy) is 2. The Morgan fingerprint density at radius 3 is 2.80 bits per heavy atom. The second-order valence-electron chi connectivity index (χ2n) is 6.32. The minimum atomic E-state index is -0.00671. The van der Waals surface area contributed by atoms with Crippen LogP contribution >= 0.6 is 0 Å². The Hall–Kier alpha value is -1.93. The summed E-state index contributed by atoms with van der Waals surface area (Å²) in [6, 6.07) is 1.80. The van der Waals surface area contributed by atoms with Crippen molar-refractivity contribution in [2.24, 2.45) is 0 Å². The number of piperazine rings is 1. The SMILES string of the molecule is O=C(NCCCOCC1CCCO1)N1CCN(c2ncccn2)CC1. The van der Waals surface area contributed by atoms with E-state index in [-0.39, 0.29) is 12.1 Å². The second kappa shape index (κ2) is 9.53. The summed E-state index contributed by atoms with van der Waals surface area (Å²) in [6.07, 6.45) is 6.78. The number of amides is 2. The second-order valence-corrected chi connectivity index (χ2v) is 6.32. The van der Waals surface area contributed by atoms with Crippen molar-refractivity contribution in [3.63, 3.8) is 0 Å². The van der Waals surface area contributed by atoms with Crippen LogP contribution in [0.3, 0.4) is 0 Å². The molecule has 2 aliphatic heterocycles. The molecule has 8 nitrogen and oxygen atoms in total. The van der Waals surface area contributed by atoms with Crippen LogP contribution in [0.2, 0.25) is 0 Å². The van der Waals surface area contributed by atoms with Crippen LogP contribution in [0.1, 0.15) is 19.3 Å². The highest BCUT2D eigenvalue weighted by molar-refractivity contribution is 5.74. The van der Waals surface area contributed by atoms with Gasteiger partial charge in [-0.05, 0) is 25.3 Å². The van der Waals surface area contributed by atoms with Crippen molar-refractivity contribution in [3.05, 3.63) is 18.5 Å². The lowest BCUT2D eigenvalue weighted by atomic mass is 10.2. The van der Waals surface area contributed by atoms with Crippen molar-refractivity contribution < 1.29 is 14.3 Å². The highest BCUT2D eigenvalue weighted by Crippen LogP contribution is 2.12. The van der Waals surface area contributed by atoms with E-state index in [2.05, 4.69) is 20.2 Å². The molecule has 1 atom stereocenters. The van der Waals surface area contributed by atoms with Crippen LogP contribution in [0.15, 0.2) is 18.5 Å². The van der Waals surface area contributed by atoms with E-state index in [1.807, 2.05) is 4.90 Å². The van der Waals surface area contributed by atoms with Crippen molar-refractivity contribution in [1.82, 2.24) is 20.2 Å². The number of urea groups is 1. The van der Waals surface area contributed by atoms with Gasteiger partial charge in [0, 0.05) is 58.3 Å². The van der Waals surface area contributed by atoms with E-state index in [0.29, 0.717) is 32.8 Å². The zero-order valence-electron chi connectivity index (χ0n) is 14.6. The lowest BCUT2D eigenvalue weighted by Gasteiger charge is -2.34. The Bertz CT molecular complexity index is 516. The Morgan fingerprint density at radius 1 is 1.28 bits per heavy atom. The van der Waals surface area contributed by atoms with E-state index in [9.17, 15) is 4.79 Å². The van der Waals surface area contributed by atoms with E-state index in [0.717, 1.165) is 44.9 Å². The molecule has 3 heterocycles. The summed E-state index contributed by atoms with van der Waals surface area (Å²) in [5, 5.41) is 2.96. The van der Waals surface area contributed by atoms with Gasteiger partial charge in [-0.3, -0.25) is 0 Å². The first-order valence-corrected chi connectivity index (χ1v) is 9.07. The van der Waals surface area contributed by atoms with Crippen molar-refractivity contribution in [3.8, 4) is 0 Å². The van der Waals surface area contributed by atoms with Crippen LogP contribution in [-0.2, 0) is 9.47 Å². The minimum absolute atomic E-state index is 0.00671. The highest BCUT2D eigenvalue weighted by Gasteiger charge is 2.22. The molecule has 1 unspecified atom stereocenters. The predicted molar refractivity (Wildman–Crippen MR) is 93.6 cm³/mol. The molecule has 1 N–H and O–H groups in total. The monoisotopic (exact) mass is 349 g/mol. The van der Waals surface area contributed by atoms with Gasteiger partial charge in [-0.15, -0.1) is 0 Å². The average molecular weight is 349 g/mol. The van der Waals surface area contributed by atoms with Crippen LogP contribution in [0.5, 0.6) is 0 Å². The number of carbonyl (C=O) groups excluding carboxylic acids is 1. The average Bonchev–Trinajstić information content (AvgIpc) is 3.19. The van der Waals surface area contributed by atoms with Crippen LogP contribution < -0.4 is 10.2 Å². The first-order valence-electron chi connectivity index (χ1n) is 9.07. The first kappa shape index (κ1) is 17.9. The number of hydrogen-bond acceptors (Lipinski definition) is 6. The molecule has 2 amide bonds. The summed E-state index contributed by atoms with van der Waals surface area (Å²) in [5.41, 5.74) is 0. The van der Waals surface area contributed by atoms with E-state index < -0.39 is 0 Å². The number of hydrogen-bond donors (Lipinski definition) is 1. The molecule has 1 aromatic rings. The third kappa shape index (κ3) is 5.54. The number of rotatable bonds is 7. The Morgan fingerprint density at radius 2 is 2.08 bits per heavy atom. The maximum Gasteiger partial charge on any atom is 0.317 e. The lowest BCUT2D eigenvalue weighted by molar-refractivity contribution is 0.0167. The maximum absolute atomic E-state index is 12.2. The van der Waals surface area contributed by atoms with E-state index in [4.69, 9.17) is 9.47 Å². The number of aromatic nitrogens is 2. The molecule has 8 heteroatoms. The smallest absolute Gasteiger partial charge is 0.317 e. The molecular weight excluding hydrogens is 322 g/mol. The van der Waals surface area contributed by atoms with Gasteiger partial charge in [0.1, 0.15) is 0 Å². The van der Waals surface area contributed by atoms with Gasteiger partial charge in [0.2, 0.25) is 5.95 Å². The molecule has 0 spiro atoms. The van der Waals surface area contributed by atoms with Crippen LogP contribution in [0.25, 0.3) is 0 Å². The summed E-state index contributed by atoms with van der Waals surface area (Å²) in [4.78, 5) is 24.6. The standard InChI is InChI=1S/C17H27N5O3/c23-17(20-7-3-12-24-14-15-4-1-13-25-15)22-10-8-21(9-11-22)16-18-5-2-6-19-16/h2,5-6,15H,1,3-4,7-14H2,(H,20,23). The van der Waals surface area contributed by atoms with Gasteiger partial charge in [0.25, 0.3) is 0 Å². The van der Waals surface area contributed by atoms with Gasteiger partial charge >= 0.3 is 6.03 Å². The summed E-state index contributed by atoms with van der Waals surface area (Å²) in [6.45, 7) is 5.67. The highest BCUT2D eigenvalue weighted by atomic mass is 16.5. The lowest BCUT2D eigenvalue weighted by Crippen LogP contribution is -2.52. The molecular formula is C17H27N5O3. The minimum Gasteiger partial charge on any atom is -0.379 e. The fourth-order valence-corrected chi connectivity index (χ4v) is 3.04. The van der Waals surface area contributed by atoms with Gasteiger partial charge in [-0.2, -0.15) is 0 Å². The molecule has 2 aliphatic rings. The molecule has 0 aromatic carbocycles. The van der Waals surface area contributed by atoms with Gasteiger partial charge in [0.15, 0.2) is 0 Å². The molecule has 0 saturated carbocycles. The molecule has 0 bridgehead atoms. The Balaban J connectivity index is 1.25. The third-order valence-electron chi connectivity index (χ3n) is 4.47. The Labute approximate surface area is 148 Å². The zero-order valence-corrected chi connectivity index (χ0v) is 14.6. The van der Waals surface area contributed by atoms with E-state index in [1.165, 1.54) is 0 Å². The van der Waals surface area contributed by atoms with Gasteiger partial charge < -0.3 is 24.6 Å². The largest absolute Gasteiger partial charge is 0.379 e. The summed E-state index contributed by atoms with van der Waals surface area (Å²) in [5.74, 6) is 0.728.